The Kier molecular flexibility index (Phi) is 7.99. The fourth-order valence-corrected chi connectivity index (χ4v) is 3.34. The van der Waals surface area contributed by atoms with Crippen LogP contribution in [0.25, 0.3) is 0 Å². The third-order valence-electron chi connectivity index (χ3n) is 4.50. The lowest BCUT2D eigenvalue weighted by molar-refractivity contribution is -0.385. The van der Waals surface area contributed by atoms with E-state index in [-0.39, 0.29) is 30.1 Å². The SMILES string of the molecule is CCC(C(=O)NC)N(Cc1ccc(Cl)c(Cl)c1)C(=O)Cc1ccccc1[N+](=O)[O-]. The van der Waals surface area contributed by atoms with Crippen LogP contribution in [-0.4, -0.2) is 34.7 Å². The number of hydrogen-bond acceptors (Lipinski definition) is 4. The molecule has 0 bridgehead atoms. The molecule has 0 aliphatic rings. The van der Waals surface area contributed by atoms with Gasteiger partial charge in [0.25, 0.3) is 5.69 Å². The van der Waals surface area contributed by atoms with Crippen LogP contribution < -0.4 is 5.32 Å². The van der Waals surface area contributed by atoms with E-state index in [9.17, 15) is 19.7 Å². The number of nitrogens with zero attached hydrogens (tertiary/aromatic N) is 2. The van der Waals surface area contributed by atoms with Crippen LogP contribution in [-0.2, 0) is 22.6 Å². The van der Waals surface area contributed by atoms with E-state index in [0.717, 1.165) is 0 Å². The van der Waals surface area contributed by atoms with Gasteiger partial charge in [0.15, 0.2) is 0 Å². The molecule has 0 fully saturated rings. The van der Waals surface area contributed by atoms with Gasteiger partial charge in [-0.2, -0.15) is 0 Å². The van der Waals surface area contributed by atoms with Crippen molar-refractivity contribution in [2.45, 2.75) is 32.4 Å². The summed E-state index contributed by atoms with van der Waals surface area (Å²) in [5.41, 5.74) is 0.842. The van der Waals surface area contributed by atoms with Crippen LogP contribution >= 0.6 is 23.2 Å². The van der Waals surface area contributed by atoms with E-state index in [2.05, 4.69) is 5.32 Å². The Morgan fingerprint density at radius 2 is 1.86 bits per heavy atom. The number of carbonyl (C=O) groups excluding carboxylic acids is 2. The summed E-state index contributed by atoms with van der Waals surface area (Å²) in [6, 6.07) is 10.3. The smallest absolute Gasteiger partial charge is 0.273 e. The molecule has 0 aliphatic carbocycles. The van der Waals surface area contributed by atoms with Gasteiger partial charge in [0.1, 0.15) is 6.04 Å². The van der Waals surface area contributed by atoms with E-state index < -0.39 is 16.9 Å². The second kappa shape index (κ2) is 10.2. The first-order valence-electron chi connectivity index (χ1n) is 8.95. The summed E-state index contributed by atoms with van der Waals surface area (Å²) >= 11 is 12.0. The maximum Gasteiger partial charge on any atom is 0.273 e. The molecule has 0 aromatic heterocycles. The number of amides is 2. The minimum absolute atomic E-state index is 0.113. The highest BCUT2D eigenvalue weighted by Crippen LogP contribution is 2.25. The molecule has 0 spiro atoms. The van der Waals surface area contributed by atoms with Crippen molar-refractivity contribution in [3.05, 3.63) is 73.8 Å². The number of hydrogen-bond donors (Lipinski definition) is 1. The Labute approximate surface area is 178 Å². The first-order valence-corrected chi connectivity index (χ1v) is 9.71. The van der Waals surface area contributed by atoms with Gasteiger partial charge in [0, 0.05) is 25.2 Å². The molecule has 2 aromatic carbocycles. The Balaban J connectivity index is 2.38. The standard InChI is InChI=1S/C20H21Cl2N3O4/c1-3-17(20(27)23-2)24(12-13-8-9-15(21)16(22)10-13)19(26)11-14-6-4-5-7-18(14)25(28)29/h4-10,17H,3,11-12H2,1-2H3,(H,23,27). The fraction of sp³-hybridized carbons (Fsp3) is 0.300. The zero-order valence-corrected chi connectivity index (χ0v) is 17.5. The van der Waals surface area contributed by atoms with Gasteiger partial charge in [-0.3, -0.25) is 19.7 Å². The number of halogens is 2. The molecule has 7 nitrogen and oxygen atoms in total. The van der Waals surface area contributed by atoms with Crippen molar-refractivity contribution in [3.63, 3.8) is 0 Å². The van der Waals surface area contributed by atoms with Gasteiger partial charge in [0.05, 0.1) is 21.4 Å². The van der Waals surface area contributed by atoms with Gasteiger partial charge < -0.3 is 10.2 Å². The number of benzene rings is 2. The lowest BCUT2D eigenvalue weighted by Crippen LogP contribution is -2.48. The number of para-hydroxylation sites is 1. The van der Waals surface area contributed by atoms with Gasteiger partial charge >= 0.3 is 0 Å². The predicted molar refractivity (Wildman–Crippen MR) is 112 cm³/mol. The molecular formula is C20H21Cl2N3O4. The number of likely N-dealkylation sites (N-methyl/N-ethyl adjacent to an activating group) is 1. The topological polar surface area (TPSA) is 92.6 Å². The van der Waals surface area contributed by atoms with Gasteiger partial charge in [-0.25, -0.2) is 0 Å². The van der Waals surface area contributed by atoms with Gasteiger partial charge in [-0.1, -0.05) is 54.4 Å². The van der Waals surface area contributed by atoms with Crippen LogP contribution in [0.3, 0.4) is 0 Å². The Morgan fingerprint density at radius 3 is 2.45 bits per heavy atom. The van der Waals surface area contributed by atoms with Crippen LogP contribution in [0.2, 0.25) is 10.0 Å². The van der Waals surface area contributed by atoms with E-state index in [4.69, 9.17) is 23.2 Å². The second-order valence-corrected chi connectivity index (χ2v) is 7.19. The number of nitro benzene ring substituents is 1. The van der Waals surface area contributed by atoms with Crippen LogP contribution in [0.15, 0.2) is 42.5 Å². The van der Waals surface area contributed by atoms with E-state index in [1.54, 1.807) is 37.3 Å². The molecule has 0 saturated carbocycles. The van der Waals surface area contributed by atoms with E-state index in [0.29, 0.717) is 22.0 Å². The molecule has 2 aromatic rings. The molecule has 2 amide bonds. The lowest BCUT2D eigenvalue weighted by Gasteiger charge is -2.30. The molecule has 9 heteroatoms. The lowest BCUT2D eigenvalue weighted by atomic mass is 10.1. The van der Waals surface area contributed by atoms with E-state index >= 15 is 0 Å². The van der Waals surface area contributed by atoms with Gasteiger partial charge in [0.2, 0.25) is 11.8 Å². The highest BCUT2D eigenvalue weighted by molar-refractivity contribution is 6.42. The van der Waals surface area contributed by atoms with E-state index in [1.807, 2.05) is 0 Å². The van der Waals surface area contributed by atoms with Crippen molar-refractivity contribution in [1.29, 1.82) is 0 Å². The van der Waals surface area contributed by atoms with Gasteiger partial charge in [-0.05, 0) is 24.1 Å². The van der Waals surface area contributed by atoms with Crippen molar-refractivity contribution in [2.75, 3.05) is 7.05 Å². The summed E-state index contributed by atoms with van der Waals surface area (Å²) in [5, 5.41) is 14.5. The summed E-state index contributed by atoms with van der Waals surface area (Å²) in [7, 11) is 1.49. The average molecular weight is 438 g/mol. The molecule has 29 heavy (non-hydrogen) atoms. The first-order chi connectivity index (χ1) is 13.8. The largest absolute Gasteiger partial charge is 0.357 e. The molecule has 154 valence electrons. The van der Waals surface area contributed by atoms with Crippen LogP contribution in [0.4, 0.5) is 5.69 Å². The van der Waals surface area contributed by atoms with Crippen molar-refractivity contribution in [1.82, 2.24) is 10.2 Å². The van der Waals surface area contributed by atoms with Crippen molar-refractivity contribution >= 4 is 40.7 Å². The zero-order chi connectivity index (χ0) is 21.6. The third kappa shape index (κ3) is 5.68. The summed E-state index contributed by atoms with van der Waals surface area (Å²) in [4.78, 5) is 37.6. The average Bonchev–Trinajstić information content (AvgIpc) is 2.70. The molecule has 1 N–H and O–H groups in total. The Morgan fingerprint density at radius 1 is 1.17 bits per heavy atom. The molecular weight excluding hydrogens is 417 g/mol. The number of carbonyl (C=O) groups is 2. The third-order valence-corrected chi connectivity index (χ3v) is 5.24. The predicted octanol–water partition coefficient (Wildman–Crippen LogP) is 4.00. The number of nitrogens with one attached hydrogen (secondary N) is 1. The highest BCUT2D eigenvalue weighted by atomic mass is 35.5. The molecule has 2 rings (SSSR count). The number of rotatable bonds is 8. The molecule has 0 radical (unpaired) electrons. The summed E-state index contributed by atoms with van der Waals surface area (Å²) in [5.74, 6) is -0.718. The van der Waals surface area contributed by atoms with Crippen LogP contribution in [0, 0.1) is 10.1 Å². The maximum absolute atomic E-state index is 13.1. The van der Waals surface area contributed by atoms with Crippen molar-refractivity contribution < 1.29 is 14.5 Å². The number of nitro groups is 1. The summed E-state index contributed by atoms with van der Waals surface area (Å²) in [6.07, 6.45) is 0.176. The zero-order valence-electron chi connectivity index (χ0n) is 16.0. The Bertz CT molecular complexity index is 920. The summed E-state index contributed by atoms with van der Waals surface area (Å²) in [6.45, 7) is 1.91. The fourth-order valence-electron chi connectivity index (χ4n) is 3.02. The monoisotopic (exact) mass is 437 g/mol. The van der Waals surface area contributed by atoms with Crippen LogP contribution in [0.1, 0.15) is 24.5 Å². The molecule has 0 heterocycles. The van der Waals surface area contributed by atoms with Crippen LogP contribution in [0.5, 0.6) is 0 Å². The molecule has 1 atom stereocenters. The Hall–Kier alpha value is -2.64. The summed E-state index contributed by atoms with van der Waals surface area (Å²) < 4.78 is 0. The minimum atomic E-state index is -0.732. The normalized spacial score (nSPS) is 11.6. The molecule has 0 aliphatic heterocycles. The second-order valence-electron chi connectivity index (χ2n) is 6.37. The molecule has 0 saturated heterocycles. The maximum atomic E-state index is 13.1. The quantitative estimate of drug-likeness (QED) is 0.498. The molecule has 1 unspecified atom stereocenters. The van der Waals surface area contributed by atoms with Crippen molar-refractivity contribution in [2.24, 2.45) is 0 Å². The van der Waals surface area contributed by atoms with E-state index in [1.165, 1.54) is 24.1 Å². The minimum Gasteiger partial charge on any atom is -0.357 e. The highest BCUT2D eigenvalue weighted by Gasteiger charge is 2.29. The first kappa shape index (κ1) is 22.6. The van der Waals surface area contributed by atoms with Crippen molar-refractivity contribution in [3.8, 4) is 0 Å². The van der Waals surface area contributed by atoms with Gasteiger partial charge in [-0.15, -0.1) is 0 Å².